The van der Waals surface area contributed by atoms with E-state index in [1.54, 1.807) is 29.1 Å². The molecular weight excluding hydrogens is 368 g/mol. The number of hydrogen-bond donors (Lipinski definition) is 0. The van der Waals surface area contributed by atoms with E-state index in [0.717, 1.165) is 5.56 Å². The Kier molecular flexibility index (Phi) is 6.28. The molecular formula is C17H22N6O3S. The van der Waals surface area contributed by atoms with Gasteiger partial charge in [-0.05, 0) is 19.1 Å². The first-order chi connectivity index (χ1) is 13.1. The van der Waals surface area contributed by atoms with Crippen molar-refractivity contribution in [1.29, 1.82) is 0 Å². The molecule has 9 nitrogen and oxygen atoms in total. The molecule has 3 heterocycles. The first-order valence-corrected chi connectivity index (χ1v) is 9.70. The molecule has 0 bridgehead atoms. The van der Waals surface area contributed by atoms with E-state index in [1.165, 1.54) is 11.8 Å². The summed E-state index contributed by atoms with van der Waals surface area (Å²) in [5.74, 6) is 1.01. The number of carbonyl (C=O) groups is 2. The topological polar surface area (TPSA) is 93.4 Å². The Bertz CT molecular complexity index is 789. The van der Waals surface area contributed by atoms with Crippen LogP contribution in [0.3, 0.4) is 0 Å². The molecule has 1 aliphatic heterocycles. The van der Waals surface area contributed by atoms with Gasteiger partial charge in [0, 0.05) is 51.2 Å². The molecule has 2 aromatic rings. The van der Waals surface area contributed by atoms with Gasteiger partial charge in [0.05, 0.1) is 12.4 Å². The minimum absolute atomic E-state index is 0.0226. The lowest BCUT2D eigenvalue weighted by molar-refractivity contribution is -0.129. The number of nitrogens with zero attached hydrogens (tertiary/aromatic N) is 6. The molecule has 0 atom stereocenters. The summed E-state index contributed by atoms with van der Waals surface area (Å²) in [5.41, 5.74) is 0.876. The molecule has 0 aliphatic carbocycles. The smallest absolute Gasteiger partial charge is 0.409 e. The number of carbonyl (C=O) groups excluding carboxylic acids is 2. The van der Waals surface area contributed by atoms with Gasteiger partial charge in [-0.25, -0.2) is 4.79 Å². The van der Waals surface area contributed by atoms with Crippen LogP contribution in [-0.4, -0.2) is 80.1 Å². The lowest BCUT2D eigenvalue weighted by Crippen LogP contribution is -2.51. The number of aromatic nitrogens is 4. The van der Waals surface area contributed by atoms with E-state index in [9.17, 15) is 9.59 Å². The van der Waals surface area contributed by atoms with Crippen molar-refractivity contribution < 1.29 is 14.3 Å². The van der Waals surface area contributed by atoms with Crippen LogP contribution in [0.1, 0.15) is 6.92 Å². The summed E-state index contributed by atoms with van der Waals surface area (Å²) in [5, 5.41) is 9.04. The maximum atomic E-state index is 12.5. The zero-order valence-electron chi connectivity index (χ0n) is 15.4. The predicted molar refractivity (Wildman–Crippen MR) is 100 cm³/mol. The summed E-state index contributed by atoms with van der Waals surface area (Å²) in [6.45, 7) is 4.14. The first kappa shape index (κ1) is 19.2. The van der Waals surface area contributed by atoms with Crippen LogP contribution < -0.4 is 0 Å². The van der Waals surface area contributed by atoms with Crippen molar-refractivity contribution in [3.8, 4) is 11.4 Å². The quantitative estimate of drug-likeness (QED) is 0.710. The highest BCUT2D eigenvalue weighted by atomic mass is 32.2. The fourth-order valence-corrected chi connectivity index (χ4v) is 3.57. The number of ether oxygens (including phenoxy) is 1. The van der Waals surface area contributed by atoms with Gasteiger partial charge in [-0.15, -0.1) is 10.2 Å². The maximum absolute atomic E-state index is 12.5. The van der Waals surface area contributed by atoms with Gasteiger partial charge >= 0.3 is 6.09 Å². The van der Waals surface area contributed by atoms with Crippen molar-refractivity contribution in [2.75, 3.05) is 38.5 Å². The van der Waals surface area contributed by atoms with Crippen LogP contribution in [0.15, 0.2) is 29.7 Å². The molecule has 0 N–H and O–H groups in total. The van der Waals surface area contributed by atoms with Crippen molar-refractivity contribution in [2.24, 2.45) is 7.05 Å². The first-order valence-electron chi connectivity index (χ1n) is 8.72. The van der Waals surface area contributed by atoms with Gasteiger partial charge in [-0.1, -0.05) is 11.8 Å². The minimum atomic E-state index is -0.319. The van der Waals surface area contributed by atoms with E-state index in [1.807, 2.05) is 23.7 Å². The summed E-state index contributed by atoms with van der Waals surface area (Å²) in [6, 6.07) is 3.76. The summed E-state index contributed by atoms with van der Waals surface area (Å²) >= 11 is 1.35. The Balaban J connectivity index is 1.52. The predicted octanol–water partition coefficient (Wildman–Crippen LogP) is 1.27. The summed E-state index contributed by atoms with van der Waals surface area (Å²) in [7, 11) is 1.87. The maximum Gasteiger partial charge on any atom is 0.409 e. The Hall–Kier alpha value is -2.62. The molecule has 0 radical (unpaired) electrons. The highest BCUT2D eigenvalue weighted by Crippen LogP contribution is 2.22. The Labute approximate surface area is 161 Å². The molecule has 1 aliphatic rings. The number of hydrogen-bond acceptors (Lipinski definition) is 7. The molecule has 27 heavy (non-hydrogen) atoms. The fourth-order valence-electron chi connectivity index (χ4n) is 2.76. The molecule has 3 rings (SSSR count). The Morgan fingerprint density at radius 2 is 1.93 bits per heavy atom. The van der Waals surface area contributed by atoms with Crippen molar-refractivity contribution in [3.05, 3.63) is 24.5 Å². The molecule has 0 saturated carbocycles. The van der Waals surface area contributed by atoms with Crippen LogP contribution in [0.5, 0.6) is 0 Å². The van der Waals surface area contributed by atoms with E-state index in [-0.39, 0.29) is 17.8 Å². The van der Waals surface area contributed by atoms with Crippen LogP contribution >= 0.6 is 11.8 Å². The van der Waals surface area contributed by atoms with Crippen LogP contribution in [0.4, 0.5) is 4.79 Å². The van der Waals surface area contributed by atoms with Crippen LogP contribution in [0.25, 0.3) is 11.4 Å². The van der Waals surface area contributed by atoms with Crippen LogP contribution in [0, 0.1) is 0 Å². The Morgan fingerprint density at radius 3 is 2.59 bits per heavy atom. The van der Waals surface area contributed by atoms with E-state index in [0.29, 0.717) is 43.8 Å². The highest BCUT2D eigenvalue weighted by Gasteiger charge is 2.25. The van der Waals surface area contributed by atoms with Crippen molar-refractivity contribution in [1.82, 2.24) is 29.5 Å². The number of piperazine rings is 1. The minimum Gasteiger partial charge on any atom is -0.450 e. The van der Waals surface area contributed by atoms with E-state index in [4.69, 9.17) is 4.74 Å². The molecule has 1 saturated heterocycles. The standard InChI is InChI=1S/C17H22N6O3S/c1-3-26-17(25)23-9-7-22(8-10-23)14(24)12-27-16-20-19-15(21(16)2)13-5-4-6-18-11-13/h4-6,11H,3,7-10,12H2,1-2H3. The zero-order chi connectivity index (χ0) is 19.2. The number of rotatable bonds is 5. The molecule has 144 valence electrons. The van der Waals surface area contributed by atoms with Crippen molar-refractivity contribution in [2.45, 2.75) is 12.1 Å². The summed E-state index contributed by atoms with van der Waals surface area (Å²) < 4.78 is 6.85. The summed E-state index contributed by atoms with van der Waals surface area (Å²) in [6.07, 6.45) is 3.11. The number of pyridine rings is 1. The van der Waals surface area contributed by atoms with Gasteiger partial charge in [-0.2, -0.15) is 0 Å². The monoisotopic (exact) mass is 390 g/mol. The third-order valence-electron chi connectivity index (χ3n) is 4.24. The molecule has 10 heteroatoms. The van der Waals surface area contributed by atoms with Gasteiger partial charge in [0.25, 0.3) is 0 Å². The second kappa shape index (κ2) is 8.85. The largest absolute Gasteiger partial charge is 0.450 e. The summed E-state index contributed by atoms with van der Waals surface area (Å²) in [4.78, 5) is 31.7. The van der Waals surface area contributed by atoms with Gasteiger partial charge in [0.2, 0.25) is 5.91 Å². The third kappa shape index (κ3) is 4.57. The molecule has 0 aromatic carbocycles. The van der Waals surface area contributed by atoms with Crippen molar-refractivity contribution in [3.63, 3.8) is 0 Å². The van der Waals surface area contributed by atoms with E-state index >= 15 is 0 Å². The average Bonchev–Trinajstić information content (AvgIpc) is 3.07. The lowest BCUT2D eigenvalue weighted by Gasteiger charge is -2.34. The molecule has 2 aromatic heterocycles. The SMILES string of the molecule is CCOC(=O)N1CCN(C(=O)CSc2nnc(-c3cccnc3)n2C)CC1. The third-order valence-corrected chi connectivity index (χ3v) is 5.24. The van der Waals surface area contributed by atoms with Gasteiger partial charge in [0.1, 0.15) is 0 Å². The number of amides is 2. The van der Waals surface area contributed by atoms with Crippen molar-refractivity contribution >= 4 is 23.8 Å². The Morgan fingerprint density at radius 1 is 1.19 bits per heavy atom. The van der Waals surface area contributed by atoms with E-state index < -0.39 is 0 Å². The second-order valence-corrected chi connectivity index (χ2v) is 6.90. The second-order valence-electron chi connectivity index (χ2n) is 5.96. The normalized spacial score (nSPS) is 14.3. The molecule has 0 spiro atoms. The van der Waals surface area contributed by atoms with Gasteiger partial charge in [0.15, 0.2) is 11.0 Å². The number of thioether (sulfide) groups is 1. The van der Waals surface area contributed by atoms with E-state index in [2.05, 4.69) is 15.2 Å². The molecule has 2 amide bonds. The highest BCUT2D eigenvalue weighted by molar-refractivity contribution is 7.99. The molecule has 0 unspecified atom stereocenters. The van der Waals surface area contributed by atoms with Gasteiger partial charge < -0.3 is 19.1 Å². The fraction of sp³-hybridized carbons (Fsp3) is 0.471. The average molecular weight is 390 g/mol. The zero-order valence-corrected chi connectivity index (χ0v) is 16.2. The van der Waals surface area contributed by atoms with Crippen LogP contribution in [-0.2, 0) is 16.6 Å². The lowest BCUT2D eigenvalue weighted by atomic mass is 10.3. The van der Waals surface area contributed by atoms with Gasteiger partial charge in [-0.3, -0.25) is 9.78 Å². The molecule has 1 fully saturated rings. The van der Waals surface area contributed by atoms with Crippen LogP contribution in [0.2, 0.25) is 0 Å².